The smallest absolute Gasteiger partial charge is 0.197 e. The topological polar surface area (TPSA) is 111 Å². The van der Waals surface area contributed by atoms with E-state index in [4.69, 9.17) is 4.42 Å². The third-order valence-electron chi connectivity index (χ3n) is 5.26. The molecule has 0 unspecified atom stereocenters. The van der Waals surface area contributed by atoms with Gasteiger partial charge < -0.3 is 24.8 Å². The average molecular weight is 422 g/mol. The zero-order chi connectivity index (χ0) is 22.7. The van der Waals surface area contributed by atoms with Crippen LogP contribution in [0.4, 0.5) is 0 Å². The summed E-state index contributed by atoms with van der Waals surface area (Å²) in [5.74, 6) is -0.144. The molecule has 0 aliphatic rings. The molecule has 1 aromatic heterocycles. The van der Waals surface area contributed by atoms with Gasteiger partial charge in [0.25, 0.3) is 0 Å². The second-order valence-electron chi connectivity index (χ2n) is 7.77. The first kappa shape index (κ1) is 22.2. The molecule has 6 nitrogen and oxygen atoms in total. The number of phenolic OH excluding ortho intramolecular Hbond substituents is 3. The van der Waals surface area contributed by atoms with Crippen LogP contribution in [-0.4, -0.2) is 26.5 Å². The number of phenols is 3. The van der Waals surface area contributed by atoms with Crippen molar-refractivity contribution in [1.82, 2.24) is 0 Å². The van der Waals surface area contributed by atoms with Crippen LogP contribution in [0.1, 0.15) is 32.3 Å². The summed E-state index contributed by atoms with van der Waals surface area (Å²) in [6, 6.07) is 8.75. The highest BCUT2D eigenvalue weighted by atomic mass is 16.3. The Morgan fingerprint density at radius 1 is 1.13 bits per heavy atom. The lowest BCUT2D eigenvalue weighted by molar-refractivity contribution is 0.201. The van der Waals surface area contributed by atoms with Gasteiger partial charge in [0, 0.05) is 23.3 Å². The fourth-order valence-corrected chi connectivity index (χ4v) is 3.29. The summed E-state index contributed by atoms with van der Waals surface area (Å²) in [7, 11) is 0. The molecule has 31 heavy (non-hydrogen) atoms. The molecule has 0 aliphatic heterocycles. The normalized spacial score (nSPS) is 12.8. The molecule has 0 bridgehead atoms. The largest absolute Gasteiger partial charge is 0.508 e. The van der Waals surface area contributed by atoms with E-state index in [0.717, 1.165) is 5.57 Å². The molecule has 3 rings (SSSR count). The van der Waals surface area contributed by atoms with E-state index in [-0.39, 0.29) is 46.0 Å². The minimum atomic E-state index is -0.571. The number of rotatable bonds is 7. The van der Waals surface area contributed by atoms with Crippen LogP contribution in [-0.2, 0) is 6.42 Å². The Balaban J connectivity index is 1.92. The number of hydrogen-bond acceptors (Lipinski definition) is 6. The number of hydrogen-bond donors (Lipinski definition) is 4. The quantitative estimate of drug-likeness (QED) is 0.408. The number of aliphatic hydroxyl groups excluding tert-OH is 1. The van der Waals surface area contributed by atoms with Gasteiger partial charge in [0.05, 0.1) is 6.10 Å². The third kappa shape index (κ3) is 4.98. The first-order valence-electron chi connectivity index (χ1n) is 9.97. The number of aliphatic hydroxyl groups is 1. The van der Waals surface area contributed by atoms with Gasteiger partial charge in [-0.05, 0) is 57.4 Å². The Morgan fingerprint density at radius 3 is 2.45 bits per heavy atom. The van der Waals surface area contributed by atoms with Crippen molar-refractivity contribution < 1.29 is 24.8 Å². The van der Waals surface area contributed by atoms with E-state index in [2.05, 4.69) is 6.58 Å². The van der Waals surface area contributed by atoms with E-state index in [0.29, 0.717) is 24.0 Å². The first-order chi connectivity index (χ1) is 14.7. The Bertz CT molecular complexity index is 1200. The standard InChI is InChI=1S/C25H26O6/c1-14(2)19(27)11-5-15(3)4-10-18-20(28)12-23-24(25(18)30)21(29)13-22(31-23)16-6-8-17(26)9-7-16/h4,6-9,12-13,19,26-28,30H,1,5,10-11H2,2-3H3/b15-4+/t19-/m1/s1. The highest BCUT2D eigenvalue weighted by Gasteiger charge is 2.17. The lowest BCUT2D eigenvalue weighted by atomic mass is 10.0. The predicted molar refractivity (Wildman–Crippen MR) is 120 cm³/mol. The van der Waals surface area contributed by atoms with Crippen LogP contribution in [0.25, 0.3) is 22.3 Å². The van der Waals surface area contributed by atoms with Crippen LogP contribution >= 0.6 is 0 Å². The number of benzene rings is 2. The number of allylic oxidation sites excluding steroid dienone is 2. The van der Waals surface area contributed by atoms with Crippen molar-refractivity contribution in [3.63, 3.8) is 0 Å². The zero-order valence-corrected chi connectivity index (χ0v) is 17.6. The highest BCUT2D eigenvalue weighted by Crippen LogP contribution is 2.36. The van der Waals surface area contributed by atoms with Gasteiger partial charge in [-0.15, -0.1) is 0 Å². The van der Waals surface area contributed by atoms with Gasteiger partial charge in [-0.25, -0.2) is 0 Å². The van der Waals surface area contributed by atoms with Crippen LogP contribution in [0.2, 0.25) is 0 Å². The monoisotopic (exact) mass is 422 g/mol. The fourth-order valence-electron chi connectivity index (χ4n) is 3.29. The molecule has 0 spiro atoms. The van der Waals surface area contributed by atoms with Gasteiger partial charge in [-0.1, -0.05) is 23.8 Å². The molecule has 4 N–H and O–H groups in total. The van der Waals surface area contributed by atoms with Gasteiger partial charge in [-0.3, -0.25) is 4.79 Å². The molecule has 2 aromatic carbocycles. The van der Waals surface area contributed by atoms with Gasteiger partial charge in [0.1, 0.15) is 34.0 Å². The Morgan fingerprint density at radius 2 is 1.81 bits per heavy atom. The van der Waals surface area contributed by atoms with Crippen molar-refractivity contribution in [3.05, 3.63) is 76.0 Å². The maximum absolute atomic E-state index is 12.7. The summed E-state index contributed by atoms with van der Waals surface area (Å²) >= 11 is 0. The lowest BCUT2D eigenvalue weighted by Crippen LogP contribution is -2.06. The molecule has 1 atom stereocenters. The molecule has 0 saturated heterocycles. The van der Waals surface area contributed by atoms with Crippen molar-refractivity contribution >= 4 is 11.0 Å². The number of fused-ring (bicyclic) bond motifs is 1. The van der Waals surface area contributed by atoms with Crippen molar-refractivity contribution in [2.75, 3.05) is 0 Å². The summed E-state index contributed by atoms with van der Waals surface area (Å²) in [4.78, 5) is 12.7. The van der Waals surface area contributed by atoms with Gasteiger partial charge in [-0.2, -0.15) is 0 Å². The molecule has 0 amide bonds. The van der Waals surface area contributed by atoms with E-state index in [9.17, 15) is 25.2 Å². The van der Waals surface area contributed by atoms with Crippen LogP contribution in [0.3, 0.4) is 0 Å². The van der Waals surface area contributed by atoms with E-state index >= 15 is 0 Å². The maximum Gasteiger partial charge on any atom is 0.197 e. The zero-order valence-electron chi connectivity index (χ0n) is 17.6. The van der Waals surface area contributed by atoms with Crippen LogP contribution in [0, 0.1) is 0 Å². The molecular weight excluding hydrogens is 396 g/mol. The van der Waals surface area contributed by atoms with Crippen LogP contribution < -0.4 is 5.43 Å². The first-order valence-corrected chi connectivity index (χ1v) is 9.97. The molecule has 162 valence electrons. The number of aromatic hydroxyl groups is 3. The van der Waals surface area contributed by atoms with Gasteiger partial charge in [0.15, 0.2) is 5.43 Å². The second kappa shape index (κ2) is 9.10. The molecule has 6 heteroatoms. The Labute approximate surface area is 180 Å². The third-order valence-corrected chi connectivity index (χ3v) is 5.26. The molecule has 0 saturated carbocycles. The Hall–Kier alpha value is -3.51. The van der Waals surface area contributed by atoms with E-state index in [1.165, 1.54) is 24.3 Å². The molecular formula is C25H26O6. The second-order valence-corrected chi connectivity index (χ2v) is 7.77. The van der Waals surface area contributed by atoms with Crippen LogP contribution in [0.5, 0.6) is 17.2 Å². The van der Waals surface area contributed by atoms with E-state index in [1.54, 1.807) is 19.1 Å². The summed E-state index contributed by atoms with van der Waals surface area (Å²) in [5, 5.41) is 40.4. The lowest BCUT2D eigenvalue weighted by Gasteiger charge is -2.11. The van der Waals surface area contributed by atoms with Gasteiger partial charge >= 0.3 is 0 Å². The average Bonchev–Trinajstić information content (AvgIpc) is 2.71. The molecule has 3 aromatic rings. The summed E-state index contributed by atoms with van der Waals surface area (Å²) in [6.45, 7) is 7.40. The summed E-state index contributed by atoms with van der Waals surface area (Å²) < 4.78 is 5.75. The molecule has 0 fully saturated rings. The molecule has 0 aliphatic carbocycles. The molecule has 0 radical (unpaired) electrons. The summed E-state index contributed by atoms with van der Waals surface area (Å²) in [5.41, 5.74) is 2.13. The SMILES string of the molecule is C=C(C)[C@H](O)CC/C(C)=C/Cc1c(O)cc2oc(-c3ccc(O)cc3)cc(=O)c2c1O. The van der Waals surface area contributed by atoms with Crippen molar-refractivity contribution in [1.29, 1.82) is 0 Å². The maximum atomic E-state index is 12.7. The molecule has 1 heterocycles. The Kier molecular flexibility index (Phi) is 6.51. The minimum absolute atomic E-state index is 0.000846. The van der Waals surface area contributed by atoms with Crippen LogP contribution in [0.15, 0.2) is 69.4 Å². The van der Waals surface area contributed by atoms with Gasteiger partial charge in [0.2, 0.25) is 0 Å². The van der Waals surface area contributed by atoms with E-state index in [1.807, 2.05) is 13.0 Å². The predicted octanol–water partition coefficient (Wildman–Crippen LogP) is 4.78. The highest BCUT2D eigenvalue weighted by molar-refractivity contribution is 5.88. The van der Waals surface area contributed by atoms with Crippen molar-refractivity contribution in [2.24, 2.45) is 0 Å². The van der Waals surface area contributed by atoms with Crippen molar-refractivity contribution in [2.45, 2.75) is 39.2 Å². The summed E-state index contributed by atoms with van der Waals surface area (Å²) in [6.07, 6.45) is 2.68. The van der Waals surface area contributed by atoms with E-state index < -0.39 is 11.5 Å². The van der Waals surface area contributed by atoms with Crippen molar-refractivity contribution in [3.8, 4) is 28.6 Å². The minimum Gasteiger partial charge on any atom is -0.508 e. The fraction of sp³-hybridized carbons (Fsp3) is 0.240.